The van der Waals surface area contributed by atoms with Gasteiger partial charge in [0.05, 0.1) is 24.4 Å². The number of hydrogen-bond acceptors (Lipinski definition) is 8. The molecule has 3 aliphatic heterocycles. The molecule has 0 spiro atoms. The number of morpholine rings is 1. The van der Waals surface area contributed by atoms with Crippen molar-refractivity contribution < 1.29 is 4.74 Å². The molecule has 3 fully saturated rings. The van der Waals surface area contributed by atoms with E-state index in [-0.39, 0.29) is 0 Å². The fourth-order valence-corrected chi connectivity index (χ4v) is 6.22. The molecule has 0 bridgehead atoms. The number of ether oxygens (including phenoxy) is 1. The number of benzene rings is 2. The molecule has 1 N–H and O–H groups in total. The summed E-state index contributed by atoms with van der Waals surface area (Å²) in [5.41, 5.74) is 7.37. The first-order valence-electron chi connectivity index (χ1n) is 15.5. The maximum atomic E-state index is 5.52. The van der Waals surface area contributed by atoms with Crippen molar-refractivity contribution in [3.05, 3.63) is 59.7 Å². The van der Waals surface area contributed by atoms with Gasteiger partial charge in [0.15, 0.2) is 0 Å². The molecule has 3 aliphatic rings. The average molecular weight is 558 g/mol. The largest absolute Gasteiger partial charge is 0.383 e. The van der Waals surface area contributed by atoms with Crippen molar-refractivity contribution in [2.75, 3.05) is 111 Å². The predicted molar refractivity (Wildman–Crippen MR) is 168 cm³/mol. The van der Waals surface area contributed by atoms with Crippen LogP contribution in [0.3, 0.4) is 0 Å². The molecule has 2 aromatic carbocycles. The van der Waals surface area contributed by atoms with Gasteiger partial charge in [-0.05, 0) is 43.4 Å². The molecule has 220 valence electrons. The number of hydrogen-bond donors (Lipinski definition) is 1. The third-order valence-corrected chi connectivity index (χ3v) is 9.05. The van der Waals surface area contributed by atoms with E-state index in [0.717, 1.165) is 116 Å². The molecular formula is C33H47N7O. The Kier molecular flexibility index (Phi) is 9.46. The normalized spacial score (nSPS) is 20.5. The number of likely N-dealkylation sites (N-methyl/N-ethyl adjacent to an activating group) is 2. The molecule has 6 rings (SSSR count). The van der Waals surface area contributed by atoms with Gasteiger partial charge >= 0.3 is 0 Å². The fourth-order valence-electron chi connectivity index (χ4n) is 6.22. The molecule has 0 amide bonds. The summed E-state index contributed by atoms with van der Waals surface area (Å²) in [6.45, 7) is 16.8. The monoisotopic (exact) mass is 557 g/mol. The smallest absolute Gasteiger partial charge is 0.0730 e. The van der Waals surface area contributed by atoms with E-state index in [1.54, 1.807) is 0 Å². The molecule has 0 radical (unpaired) electrons. The van der Waals surface area contributed by atoms with Gasteiger partial charge in [-0.3, -0.25) is 14.7 Å². The van der Waals surface area contributed by atoms with Gasteiger partial charge in [0.25, 0.3) is 0 Å². The van der Waals surface area contributed by atoms with E-state index >= 15 is 0 Å². The van der Waals surface area contributed by atoms with Crippen molar-refractivity contribution in [3.8, 4) is 11.3 Å². The van der Waals surface area contributed by atoms with Crippen molar-refractivity contribution in [1.29, 1.82) is 0 Å². The lowest BCUT2D eigenvalue weighted by Crippen LogP contribution is -2.45. The lowest BCUT2D eigenvalue weighted by atomic mass is 9.99. The fraction of sp³-hybridized carbons (Fsp3) is 0.545. The first-order chi connectivity index (χ1) is 20.1. The summed E-state index contributed by atoms with van der Waals surface area (Å²) in [7, 11) is 4.46. The van der Waals surface area contributed by atoms with E-state index in [4.69, 9.17) is 9.72 Å². The topological polar surface area (TPSA) is 50.4 Å². The van der Waals surface area contributed by atoms with Crippen molar-refractivity contribution in [2.24, 2.45) is 0 Å². The third kappa shape index (κ3) is 7.44. The number of para-hydroxylation sites is 1. The molecule has 8 nitrogen and oxygen atoms in total. The Morgan fingerprint density at radius 3 is 2.07 bits per heavy atom. The van der Waals surface area contributed by atoms with E-state index in [0.29, 0.717) is 0 Å². The number of fused-ring (bicyclic) bond motifs is 1. The van der Waals surface area contributed by atoms with Crippen LogP contribution >= 0.6 is 0 Å². The van der Waals surface area contributed by atoms with Gasteiger partial charge in [0.1, 0.15) is 0 Å². The summed E-state index contributed by atoms with van der Waals surface area (Å²) in [6.07, 6.45) is 0. The molecule has 3 saturated heterocycles. The van der Waals surface area contributed by atoms with Gasteiger partial charge in [0.2, 0.25) is 0 Å². The second-order valence-electron chi connectivity index (χ2n) is 12.1. The first kappa shape index (κ1) is 28.5. The Balaban J connectivity index is 1.26. The zero-order chi connectivity index (χ0) is 28.0. The standard InChI is InChI=1S/C33H47N7O/c1-36-11-15-39(16-12-36)25-28-8-7-27(23-29(28)26-40-17-13-37(2)14-18-40)32-24-33(30-5-3-4-6-31(30)35-32)34-9-10-38-19-21-41-22-20-38/h3-8,23-24H,9-22,25-26H2,1-2H3,(H,34,35). The van der Waals surface area contributed by atoms with Crippen LogP contribution < -0.4 is 5.32 Å². The molecule has 0 atom stereocenters. The van der Waals surface area contributed by atoms with Crippen molar-refractivity contribution in [2.45, 2.75) is 13.1 Å². The van der Waals surface area contributed by atoms with Gasteiger partial charge < -0.3 is 19.9 Å². The summed E-state index contributed by atoms with van der Waals surface area (Å²) in [5, 5.41) is 4.94. The van der Waals surface area contributed by atoms with Gasteiger partial charge in [-0.25, -0.2) is 4.98 Å². The molecule has 3 aromatic rings. The Morgan fingerprint density at radius 2 is 1.37 bits per heavy atom. The number of piperazine rings is 2. The Bertz CT molecular complexity index is 1280. The van der Waals surface area contributed by atoms with Crippen LogP contribution in [0.1, 0.15) is 11.1 Å². The molecular weight excluding hydrogens is 510 g/mol. The van der Waals surface area contributed by atoms with E-state index in [9.17, 15) is 0 Å². The lowest BCUT2D eigenvalue weighted by molar-refractivity contribution is 0.0398. The lowest BCUT2D eigenvalue weighted by Gasteiger charge is -2.34. The summed E-state index contributed by atoms with van der Waals surface area (Å²) < 4.78 is 5.52. The van der Waals surface area contributed by atoms with Gasteiger partial charge in [-0.2, -0.15) is 0 Å². The van der Waals surface area contributed by atoms with Crippen LogP contribution in [0.5, 0.6) is 0 Å². The molecule has 4 heterocycles. The summed E-state index contributed by atoms with van der Waals surface area (Å²) in [6, 6.07) is 17.9. The highest BCUT2D eigenvalue weighted by Gasteiger charge is 2.20. The molecule has 41 heavy (non-hydrogen) atoms. The van der Waals surface area contributed by atoms with Crippen LogP contribution in [0.2, 0.25) is 0 Å². The van der Waals surface area contributed by atoms with E-state index < -0.39 is 0 Å². The Labute approximate surface area is 245 Å². The molecule has 0 saturated carbocycles. The minimum atomic E-state index is 0.837. The highest BCUT2D eigenvalue weighted by molar-refractivity contribution is 5.93. The van der Waals surface area contributed by atoms with Crippen LogP contribution in [0.4, 0.5) is 5.69 Å². The highest BCUT2D eigenvalue weighted by Crippen LogP contribution is 2.30. The molecule has 0 aliphatic carbocycles. The minimum Gasteiger partial charge on any atom is -0.383 e. The molecule has 1 aromatic heterocycles. The quantitative estimate of drug-likeness (QED) is 0.431. The van der Waals surface area contributed by atoms with Crippen molar-refractivity contribution in [1.82, 2.24) is 29.5 Å². The van der Waals surface area contributed by atoms with Crippen LogP contribution in [-0.4, -0.2) is 135 Å². The second kappa shape index (κ2) is 13.6. The maximum absolute atomic E-state index is 5.52. The summed E-state index contributed by atoms with van der Waals surface area (Å²) in [4.78, 5) is 17.7. The highest BCUT2D eigenvalue weighted by atomic mass is 16.5. The van der Waals surface area contributed by atoms with E-state index in [1.165, 1.54) is 27.8 Å². The van der Waals surface area contributed by atoms with Crippen LogP contribution in [0.15, 0.2) is 48.5 Å². The van der Waals surface area contributed by atoms with Crippen molar-refractivity contribution >= 4 is 16.6 Å². The predicted octanol–water partition coefficient (Wildman–Crippen LogP) is 3.14. The molecule has 0 unspecified atom stereocenters. The second-order valence-corrected chi connectivity index (χ2v) is 12.1. The number of anilines is 1. The number of aromatic nitrogens is 1. The van der Waals surface area contributed by atoms with Crippen LogP contribution in [0, 0.1) is 0 Å². The number of rotatable bonds is 9. The third-order valence-electron chi connectivity index (χ3n) is 9.05. The Hall–Kier alpha value is -2.59. The minimum absolute atomic E-state index is 0.837. The van der Waals surface area contributed by atoms with Gasteiger partial charge in [-0.15, -0.1) is 0 Å². The molecule has 8 heteroatoms. The maximum Gasteiger partial charge on any atom is 0.0730 e. The zero-order valence-corrected chi connectivity index (χ0v) is 25.0. The van der Waals surface area contributed by atoms with Crippen LogP contribution in [0.25, 0.3) is 22.2 Å². The van der Waals surface area contributed by atoms with E-state index in [1.807, 2.05) is 0 Å². The average Bonchev–Trinajstić information content (AvgIpc) is 3.00. The van der Waals surface area contributed by atoms with E-state index in [2.05, 4.69) is 92.4 Å². The van der Waals surface area contributed by atoms with Crippen molar-refractivity contribution in [3.63, 3.8) is 0 Å². The summed E-state index contributed by atoms with van der Waals surface area (Å²) >= 11 is 0. The number of pyridine rings is 1. The first-order valence-corrected chi connectivity index (χ1v) is 15.5. The van der Waals surface area contributed by atoms with Crippen LogP contribution in [-0.2, 0) is 17.8 Å². The van der Waals surface area contributed by atoms with Gasteiger partial charge in [-0.1, -0.05) is 30.3 Å². The zero-order valence-electron chi connectivity index (χ0n) is 25.0. The number of nitrogens with zero attached hydrogens (tertiary/aromatic N) is 6. The SMILES string of the molecule is CN1CCN(Cc2ccc(-c3cc(NCCN4CCOCC4)c4ccccc4n3)cc2CN2CCN(C)CC2)CC1. The summed E-state index contributed by atoms with van der Waals surface area (Å²) in [5.74, 6) is 0. The Morgan fingerprint density at radius 1 is 0.707 bits per heavy atom. The number of nitrogens with one attached hydrogen (secondary N) is 1. The van der Waals surface area contributed by atoms with Gasteiger partial charge in [0, 0.05) is 108 Å².